The first-order valence-electron chi connectivity index (χ1n) is 6.68. The number of rotatable bonds is 4. The van der Waals surface area contributed by atoms with Gasteiger partial charge in [-0.3, -0.25) is 4.79 Å². The Morgan fingerprint density at radius 1 is 1.37 bits per heavy atom. The molecule has 19 heavy (non-hydrogen) atoms. The summed E-state index contributed by atoms with van der Waals surface area (Å²) in [5, 5.41) is 3.05. The third-order valence-electron chi connectivity index (χ3n) is 3.60. The number of nitrogens with one attached hydrogen (secondary N) is 1. The molecule has 0 radical (unpaired) electrons. The molecule has 1 aromatic heterocycles. The van der Waals surface area contributed by atoms with Gasteiger partial charge < -0.3 is 15.1 Å². The molecule has 102 valence electrons. The quantitative estimate of drug-likeness (QED) is 0.842. The summed E-state index contributed by atoms with van der Waals surface area (Å²) >= 11 is 0. The van der Waals surface area contributed by atoms with Crippen LogP contribution in [0.25, 0.3) is 0 Å². The van der Waals surface area contributed by atoms with Gasteiger partial charge in [0.25, 0.3) is 0 Å². The van der Waals surface area contributed by atoms with E-state index in [1.54, 1.807) is 6.33 Å². The maximum absolute atomic E-state index is 11.8. The highest BCUT2D eigenvalue weighted by molar-refractivity contribution is 5.82. The molecule has 1 saturated heterocycles. The van der Waals surface area contributed by atoms with Gasteiger partial charge in [-0.1, -0.05) is 0 Å². The topological polar surface area (TPSA) is 61.4 Å². The Hall–Kier alpha value is -1.85. The lowest BCUT2D eigenvalue weighted by molar-refractivity contribution is -0.125. The van der Waals surface area contributed by atoms with E-state index in [1.807, 2.05) is 25.1 Å². The summed E-state index contributed by atoms with van der Waals surface area (Å²) in [6.45, 7) is 1.50. The van der Waals surface area contributed by atoms with Crippen molar-refractivity contribution in [1.82, 2.24) is 15.3 Å². The minimum absolute atomic E-state index is 0.110. The van der Waals surface area contributed by atoms with Gasteiger partial charge in [-0.25, -0.2) is 9.97 Å². The molecule has 1 amide bonds. The van der Waals surface area contributed by atoms with Crippen LogP contribution in [0, 0.1) is 5.92 Å². The fourth-order valence-corrected chi connectivity index (χ4v) is 2.13. The first-order valence-corrected chi connectivity index (χ1v) is 6.68. The van der Waals surface area contributed by atoms with Crippen LogP contribution >= 0.6 is 0 Å². The molecule has 2 fully saturated rings. The number of nitrogens with zero attached hydrogens (tertiary/aromatic N) is 4. The van der Waals surface area contributed by atoms with Crippen molar-refractivity contribution >= 4 is 17.5 Å². The molecule has 2 heterocycles. The number of anilines is 2. The lowest BCUT2D eigenvalue weighted by Gasteiger charge is -2.39. The van der Waals surface area contributed by atoms with Crippen LogP contribution < -0.4 is 15.1 Å². The smallest absolute Gasteiger partial charge is 0.226 e. The lowest BCUT2D eigenvalue weighted by Crippen LogP contribution is -2.54. The molecule has 3 rings (SSSR count). The van der Waals surface area contributed by atoms with E-state index in [4.69, 9.17) is 0 Å². The maximum atomic E-state index is 11.8. The number of hydrogen-bond donors (Lipinski definition) is 1. The highest BCUT2D eigenvalue weighted by Crippen LogP contribution is 2.26. The number of amides is 1. The minimum atomic E-state index is 0.110. The molecule has 1 aliphatic heterocycles. The molecule has 1 saturated carbocycles. The summed E-state index contributed by atoms with van der Waals surface area (Å²) in [7, 11) is 3.90. The average molecular weight is 261 g/mol. The molecule has 0 aromatic carbocycles. The van der Waals surface area contributed by atoms with Crippen molar-refractivity contribution in [2.45, 2.75) is 18.9 Å². The van der Waals surface area contributed by atoms with E-state index in [2.05, 4.69) is 20.2 Å². The van der Waals surface area contributed by atoms with Crippen LogP contribution in [0.15, 0.2) is 12.4 Å². The highest BCUT2D eigenvalue weighted by Gasteiger charge is 2.36. The SMILES string of the molecule is CN(C)c1cc(N2CC(C(=O)NC3CC3)C2)ncn1. The molecular formula is C13H19N5O. The fraction of sp³-hybridized carbons (Fsp3) is 0.615. The van der Waals surface area contributed by atoms with Crippen LogP contribution in [0.2, 0.25) is 0 Å². The van der Waals surface area contributed by atoms with Crippen LogP contribution in [0.3, 0.4) is 0 Å². The van der Waals surface area contributed by atoms with Crippen molar-refractivity contribution in [2.75, 3.05) is 37.0 Å². The molecule has 0 spiro atoms. The Morgan fingerprint density at radius 3 is 2.74 bits per heavy atom. The number of carbonyl (C=O) groups excluding carboxylic acids is 1. The Bertz CT molecular complexity index is 480. The Kier molecular flexibility index (Phi) is 3.00. The first-order chi connectivity index (χ1) is 9.13. The molecule has 1 aromatic rings. The maximum Gasteiger partial charge on any atom is 0.226 e. The highest BCUT2D eigenvalue weighted by atomic mass is 16.2. The summed E-state index contributed by atoms with van der Waals surface area (Å²) in [6.07, 6.45) is 3.85. The van der Waals surface area contributed by atoms with Crippen LogP contribution in [0.1, 0.15) is 12.8 Å². The number of aromatic nitrogens is 2. The monoisotopic (exact) mass is 261 g/mol. The van der Waals surface area contributed by atoms with Crippen LogP contribution in [0.4, 0.5) is 11.6 Å². The lowest BCUT2D eigenvalue weighted by atomic mass is 9.99. The van der Waals surface area contributed by atoms with E-state index in [1.165, 1.54) is 0 Å². The Labute approximate surface area is 112 Å². The average Bonchev–Trinajstić information content (AvgIpc) is 3.11. The van der Waals surface area contributed by atoms with E-state index in [0.717, 1.165) is 37.6 Å². The largest absolute Gasteiger partial charge is 0.363 e. The minimum Gasteiger partial charge on any atom is -0.363 e. The van der Waals surface area contributed by atoms with Gasteiger partial charge in [0.1, 0.15) is 18.0 Å². The predicted molar refractivity (Wildman–Crippen MR) is 73.2 cm³/mol. The molecule has 2 aliphatic rings. The van der Waals surface area contributed by atoms with E-state index >= 15 is 0 Å². The van der Waals surface area contributed by atoms with Gasteiger partial charge in [0.2, 0.25) is 5.91 Å². The standard InChI is InChI=1S/C13H19N5O/c1-17(2)11-5-12(15-8-14-11)18-6-9(7-18)13(19)16-10-3-4-10/h5,8-10H,3-4,6-7H2,1-2H3,(H,16,19). The van der Waals surface area contributed by atoms with E-state index in [9.17, 15) is 4.79 Å². The molecule has 6 nitrogen and oxygen atoms in total. The van der Waals surface area contributed by atoms with Crippen molar-refractivity contribution < 1.29 is 4.79 Å². The summed E-state index contributed by atoms with van der Waals surface area (Å²) in [4.78, 5) is 24.4. The molecule has 0 bridgehead atoms. The van der Waals surface area contributed by atoms with E-state index < -0.39 is 0 Å². The second kappa shape index (κ2) is 4.68. The Morgan fingerprint density at radius 2 is 2.11 bits per heavy atom. The normalized spacial score (nSPS) is 18.9. The van der Waals surface area contributed by atoms with Gasteiger partial charge in [0.05, 0.1) is 5.92 Å². The molecule has 1 aliphatic carbocycles. The summed E-state index contributed by atoms with van der Waals surface area (Å²) < 4.78 is 0. The second-order valence-corrected chi connectivity index (χ2v) is 5.51. The summed E-state index contributed by atoms with van der Waals surface area (Å²) in [5.74, 6) is 2.09. The van der Waals surface area contributed by atoms with Gasteiger partial charge in [-0.05, 0) is 12.8 Å². The van der Waals surface area contributed by atoms with Crippen LogP contribution in [0.5, 0.6) is 0 Å². The summed E-state index contributed by atoms with van der Waals surface area (Å²) in [5.41, 5.74) is 0. The zero-order valence-corrected chi connectivity index (χ0v) is 11.3. The molecule has 1 N–H and O–H groups in total. The van der Waals surface area contributed by atoms with E-state index in [-0.39, 0.29) is 11.8 Å². The zero-order chi connectivity index (χ0) is 13.4. The van der Waals surface area contributed by atoms with Crippen molar-refractivity contribution in [3.63, 3.8) is 0 Å². The summed E-state index contributed by atoms with van der Waals surface area (Å²) in [6, 6.07) is 2.40. The molecule has 0 unspecified atom stereocenters. The van der Waals surface area contributed by atoms with Gasteiger partial charge in [-0.2, -0.15) is 0 Å². The van der Waals surface area contributed by atoms with Gasteiger partial charge in [0, 0.05) is 39.3 Å². The van der Waals surface area contributed by atoms with Gasteiger partial charge in [0.15, 0.2) is 0 Å². The van der Waals surface area contributed by atoms with Crippen molar-refractivity contribution in [2.24, 2.45) is 5.92 Å². The first kappa shape index (κ1) is 12.2. The van der Waals surface area contributed by atoms with Crippen molar-refractivity contribution in [3.8, 4) is 0 Å². The molecular weight excluding hydrogens is 242 g/mol. The van der Waals surface area contributed by atoms with Crippen molar-refractivity contribution in [3.05, 3.63) is 12.4 Å². The number of carbonyl (C=O) groups is 1. The molecule has 6 heteroatoms. The zero-order valence-electron chi connectivity index (χ0n) is 11.3. The van der Waals surface area contributed by atoms with Crippen LogP contribution in [-0.4, -0.2) is 49.1 Å². The Balaban J connectivity index is 1.57. The third kappa shape index (κ3) is 2.62. The van der Waals surface area contributed by atoms with Crippen LogP contribution in [-0.2, 0) is 4.79 Å². The van der Waals surface area contributed by atoms with Gasteiger partial charge in [-0.15, -0.1) is 0 Å². The van der Waals surface area contributed by atoms with Gasteiger partial charge >= 0.3 is 0 Å². The van der Waals surface area contributed by atoms with Crippen molar-refractivity contribution in [1.29, 1.82) is 0 Å². The van der Waals surface area contributed by atoms with E-state index in [0.29, 0.717) is 6.04 Å². The predicted octanol–water partition coefficient (Wildman–Crippen LogP) is 0.257. The molecule has 0 atom stereocenters. The fourth-order valence-electron chi connectivity index (χ4n) is 2.13. The second-order valence-electron chi connectivity index (χ2n) is 5.51. The third-order valence-corrected chi connectivity index (χ3v) is 3.60. The number of hydrogen-bond acceptors (Lipinski definition) is 5.